The third-order valence-corrected chi connectivity index (χ3v) is 5.75. The number of ether oxygens (including phenoxy) is 2. The summed E-state index contributed by atoms with van der Waals surface area (Å²) in [6.45, 7) is 4.02. The van der Waals surface area contributed by atoms with E-state index < -0.39 is 23.9 Å². The summed E-state index contributed by atoms with van der Waals surface area (Å²) in [6, 6.07) is 11.6. The van der Waals surface area contributed by atoms with Crippen molar-refractivity contribution in [1.29, 1.82) is 0 Å². The van der Waals surface area contributed by atoms with E-state index in [2.05, 4.69) is 10.6 Å². The fourth-order valence-electron chi connectivity index (χ4n) is 4.15. The number of hydrogen-bond donors (Lipinski definition) is 2. The number of hydrogen-bond acceptors (Lipinski definition) is 4. The fourth-order valence-corrected chi connectivity index (χ4v) is 4.15. The summed E-state index contributed by atoms with van der Waals surface area (Å²) < 4.78 is 51.8. The molecule has 184 valence electrons. The van der Waals surface area contributed by atoms with Crippen LogP contribution in [-0.4, -0.2) is 31.2 Å². The quantitative estimate of drug-likeness (QED) is 0.485. The van der Waals surface area contributed by atoms with Gasteiger partial charge >= 0.3 is 6.18 Å². The third kappa shape index (κ3) is 6.21. The average molecular weight is 479 g/mol. The van der Waals surface area contributed by atoms with Gasteiger partial charge in [0.2, 0.25) is 5.91 Å². The summed E-state index contributed by atoms with van der Waals surface area (Å²) >= 11 is 0. The Bertz CT molecular complexity index is 996. The molecule has 2 aromatic rings. The van der Waals surface area contributed by atoms with Crippen LogP contribution in [0.25, 0.3) is 0 Å². The van der Waals surface area contributed by atoms with Crippen LogP contribution in [0.5, 0.6) is 11.5 Å². The SMILES string of the molecule is CCOc1cc(NC(=O)C2CCCCC2C(F)(F)F)c(OCC)cc1NC(=O)c1ccccc1. The largest absolute Gasteiger partial charge is 0.492 e. The predicted octanol–water partition coefficient (Wildman–Crippen LogP) is 6.04. The van der Waals surface area contributed by atoms with E-state index in [1.54, 1.807) is 44.2 Å². The van der Waals surface area contributed by atoms with Crippen LogP contribution in [-0.2, 0) is 4.79 Å². The molecule has 2 atom stereocenters. The molecule has 2 N–H and O–H groups in total. The first-order chi connectivity index (χ1) is 16.2. The van der Waals surface area contributed by atoms with E-state index in [1.165, 1.54) is 12.1 Å². The molecule has 0 aliphatic heterocycles. The zero-order valence-corrected chi connectivity index (χ0v) is 19.2. The van der Waals surface area contributed by atoms with Crippen molar-refractivity contribution in [1.82, 2.24) is 0 Å². The number of anilines is 2. The van der Waals surface area contributed by atoms with Gasteiger partial charge in [0.1, 0.15) is 11.5 Å². The van der Waals surface area contributed by atoms with Crippen LogP contribution in [0.4, 0.5) is 24.5 Å². The third-order valence-electron chi connectivity index (χ3n) is 5.75. The zero-order chi connectivity index (χ0) is 24.7. The molecule has 1 saturated carbocycles. The molecule has 3 rings (SSSR count). The second kappa shape index (κ2) is 11.3. The van der Waals surface area contributed by atoms with Crippen LogP contribution >= 0.6 is 0 Å². The first kappa shape index (κ1) is 25.4. The molecule has 6 nitrogen and oxygen atoms in total. The summed E-state index contributed by atoms with van der Waals surface area (Å²) in [4.78, 5) is 25.6. The first-order valence-corrected chi connectivity index (χ1v) is 11.4. The number of alkyl halides is 3. The maximum absolute atomic E-state index is 13.5. The van der Waals surface area contributed by atoms with Crippen LogP contribution in [0.2, 0.25) is 0 Å². The molecule has 0 aromatic heterocycles. The molecule has 1 fully saturated rings. The predicted molar refractivity (Wildman–Crippen MR) is 123 cm³/mol. The summed E-state index contributed by atoms with van der Waals surface area (Å²) in [5.41, 5.74) is 0.957. The van der Waals surface area contributed by atoms with Gasteiger partial charge in [-0.3, -0.25) is 9.59 Å². The molecule has 34 heavy (non-hydrogen) atoms. The van der Waals surface area contributed by atoms with Gasteiger partial charge in [0.15, 0.2) is 0 Å². The number of nitrogens with one attached hydrogen (secondary N) is 2. The summed E-state index contributed by atoms with van der Waals surface area (Å²) in [7, 11) is 0. The molecule has 0 saturated heterocycles. The Morgan fingerprint density at radius 2 is 1.47 bits per heavy atom. The van der Waals surface area contributed by atoms with Crippen LogP contribution in [0.3, 0.4) is 0 Å². The smallest absolute Gasteiger partial charge is 0.392 e. The van der Waals surface area contributed by atoms with Crippen molar-refractivity contribution < 1.29 is 32.2 Å². The molecule has 2 unspecified atom stereocenters. The maximum atomic E-state index is 13.5. The highest BCUT2D eigenvalue weighted by molar-refractivity contribution is 6.05. The highest BCUT2D eigenvalue weighted by Crippen LogP contribution is 2.43. The summed E-state index contributed by atoms with van der Waals surface area (Å²) in [5, 5.41) is 5.40. The van der Waals surface area contributed by atoms with Crippen molar-refractivity contribution in [3.05, 3.63) is 48.0 Å². The minimum atomic E-state index is -4.44. The normalized spacial score (nSPS) is 18.1. The molecular formula is C25H29F3N2O4. The lowest BCUT2D eigenvalue weighted by Crippen LogP contribution is -2.39. The van der Waals surface area contributed by atoms with Gasteiger partial charge in [0.25, 0.3) is 5.91 Å². The lowest BCUT2D eigenvalue weighted by Gasteiger charge is -2.32. The molecule has 0 radical (unpaired) electrons. The first-order valence-electron chi connectivity index (χ1n) is 11.4. The molecular weight excluding hydrogens is 449 g/mol. The average Bonchev–Trinajstić information content (AvgIpc) is 2.82. The molecule has 1 aliphatic carbocycles. The van der Waals surface area contributed by atoms with E-state index >= 15 is 0 Å². The van der Waals surface area contributed by atoms with E-state index in [-0.39, 0.29) is 49.1 Å². The Kier molecular flexibility index (Phi) is 8.41. The van der Waals surface area contributed by atoms with Crippen LogP contribution in [0.15, 0.2) is 42.5 Å². The van der Waals surface area contributed by atoms with Crippen molar-refractivity contribution in [2.75, 3.05) is 23.8 Å². The van der Waals surface area contributed by atoms with E-state index in [1.807, 2.05) is 0 Å². The second-order valence-corrected chi connectivity index (χ2v) is 8.06. The summed E-state index contributed by atoms with van der Waals surface area (Å²) in [6.07, 6.45) is -3.31. The minimum Gasteiger partial charge on any atom is -0.492 e. The topological polar surface area (TPSA) is 76.7 Å². The number of halogens is 3. The van der Waals surface area contributed by atoms with E-state index in [0.717, 1.165) is 0 Å². The Morgan fingerprint density at radius 1 is 0.912 bits per heavy atom. The lowest BCUT2D eigenvalue weighted by atomic mass is 9.78. The van der Waals surface area contributed by atoms with Crippen molar-refractivity contribution in [3.8, 4) is 11.5 Å². The van der Waals surface area contributed by atoms with Gasteiger partial charge in [-0.1, -0.05) is 31.0 Å². The highest BCUT2D eigenvalue weighted by Gasteiger charge is 2.48. The minimum absolute atomic E-state index is 0.0610. The second-order valence-electron chi connectivity index (χ2n) is 8.06. The molecule has 0 heterocycles. The number of carbonyl (C=O) groups is 2. The molecule has 0 spiro atoms. The highest BCUT2D eigenvalue weighted by atomic mass is 19.4. The van der Waals surface area contributed by atoms with Crippen LogP contribution in [0, 0.1) is 11.8 Å². The molecule has 0 bridgehead atoms. The number of benzene rings is 2. The van der Waals surface area contributed by atoms with Gasteiger partial charge in [-0.2, -0.15) is 13.2 Å². The monoisotopic (exact) mass is 478 g/mol. The van der Waals surface area contributed by atoms with Gasteiger partial charge in [-0.15, -0.1) is 0 Å². The molecule has 2 amide bonds. The fraction of sp³-hybridized carbons (Fsp3) is 0.440. The Morgan fingerprint density at radius 3 is 2.03 bits per heavy atom. The standard InChI is InChI=1S/C25H29F3N2O4/c1-3-33-21-15-20(30-24(32)17-12-8-9-13-18(17)25(26,27)28)22(34-4-2)14-19(21)29-23(31)16-10-6-5-7-11-16/h5-7,10-11,14-15,17-18H,3-4,8-9,12-13H2,1-2H3,(H,29,31)(H,30,32). The Balaban J connectivity index is 1.90. The maximum Gasteiger partial charge on any atom is 0.392 e. The number of rotatable bonds is 8. The Hall–Kier alpha value is -3.23. The van der Waals surface area contributed by atoms with Crippen molar-refractivity contribution >= 4 is 23.2 Å². The van der Waals surface area contributed by atoms with E-state index in [4.69, 9.17) is 9.47 Å². The van der Waals surface area contributed by atoms with Gasteiger partial charge in [-0.05, 0) is 38.8 Å². The van der Waals surface area contributed by atoms with Gasteiger partial charge in [0, 0.05) is 23.6 Å². The van der Waals surface area contributed by atoms with Crippen LogP contribution in [0.1, 0.15) is 49.9 Å². The lowest BCUT2D eigenvalue weighted by molar-refractivity contribution is -0.197. The van der Waals surface area contributed by atoms with Gasteiger partial charge in [0.05, 0.1) is 30.5 Å². The van der Waals surface area contributed by atoms with Crippen molar-refractivity contribution in [2.24, 2.45) is 11.8 Å². The van der Waals surface area contributed by atoms with Crippen LogP contribution < -0.4 is 20.1 Å². The Labute approximate surface area is 196 Å². The van der Waals surface area contributed by atoms with Crippen molar-refractivity contribution in [3.63, 3.8) is 0 Å². The van der Waals surface area contributed by atoms with Gasteiger partial charge in [-0.25, -0.2) is 0 Å². The molecule has 1 aliphatic rings. The summed E-state index contributed by atoms with van der Waals surface area (Å²) in [5.74, 6) is -3.42. The number of amides is 2. The number of carbonyl (C=O) groups excluding carboxylic acids is 2. The molecule has 2 aromatic carbocycles. The molecule has 9 heteroatoms. The van der Waals surface area contributed by atoms with Gasteiger partial charge < -0.3 is 20.1 Å². The zero-order valence-electron chi connectivity index (χ0n) is 19.2. The van der Waals surface area contributed by atoms with E-state index in [9.17, 15) is 22.8 Å². The van der Waals surface area contributed by atoms with Crippen molar-refractivity contribution in [2.45, 2.75) is 45.7 Å². The van der Waals surface area contributed by atoms with E-state index in [0.29, 0.717) is 24.1 Å².